The Kier molecular flexibility index (Phi) is 5.01. The van der Waals surface area contributed by atoms with Crippen LogP contribution < -0.4 is 9.64 Å². The number of carbonyl (C=O) groups is 3. The monoisotopic (exact) mass is 406 g/mol. The molecule has 1 unspecified atom stereocenters. The van der Waals surface area contributed by atoms with E-state index in [1.54, 1.807) is 84.9 Å². The van der Waals surface area contributed by atoms with Crippen LogP contribution in [-0.4, -0.2) is 22.9 Å². The van der Waals surface area contributed by atoms with E-state index in [0.29, 0.717) is 21.2 Å². The van der Waals surface area contributed by atoms with Gasteiger partial charge in [0.1, 0.15) is 11.8 Å². The lowest BCUT2D eigenvalue weighted by Crippen LogP contribution is -2.40. The number of imide groups is 3. The van der Waals surface area contributed by atoms with Gasteiger partial charge in [0.25, 0.3) is 5.91 Å². The predicted octanol–water partition coefficient (Wildman–Crippen LogP) is 5.05. The van der Waals surface area contributed by atoms with Crippen molar-refractivity contribution in [2.75, 3.05) is 4.90 Å². The highest BCUT2D eigenvalue weighted by Crippen LogP contribution is 2.38. The lowest BCUT2D eigenvalue weighted by atomic mass is 10.1. The van der Waals surface area contributed by atoms with Gasteiger partial charge in [-0.3, -0.25) is 9.69 Å². The highest BCUT2D eigenvalue weighted by molar-refractivity contribution is 6.32. The number of para-hydroxylation sites is 2. The molecule has 4 amide bonds. The zero-order valence-electron chi connectivity index (χ0n) is 15.1. The van der Waals surface area contributed by atoms with Gasteiger partial charge in [-0.15, -0.1) is 0 Å². The third-order valence-electron chi connectivity index (χ3n) is 4.47. The molecule has 29 heavy (non-hydrogen) atoms. The highest BCUT2D eigenvalue weighted by Gasteiger charge is 2.51. The van der Waals surface area contributed by atoms with Crippen LogP contribution in [-0.2, 0) is 4.79 Å². The third-order valence-corrected chi connectivity index (χ3v) is 4.82. The molecule has 1 heterocycles. The van der Waals surface area contributed by atoms with Gasteiger partial charge in [0.2, 0.25) is 0 Å². The SMILES string of the molecule is O=C(Oc1ccccc1)N1C(=O)C(c2ccccc2Cl)N(c2ccccc2)C1=O. The Balaban J connectivity index is 1.75. The first-order valence-corrected chi connectivity index (χ1v) is 9.19. The molecule has 0 aromatic heterocycles. The van der Waals surface area contributed by atoms with Crippen molar-refractivity contribution < 1.29 is 19.1 Å². The smallest absolute Gasteiger partial charge is 0.410 e. The van der Waals surface area contributed by atoms with Gasteiger partial charge in [0, 0.05) is 16.3 Å². The number of hydrogen-bond donors (Lipinski definition) is 0. The maximum absolute atomic E-state index is 13.2. The molecule has 0 spiro atoms. The Hall–Kier alpha value is -3.64. The van der Waals surface area contributed by atoms with Crippen molar-refractivity contribution in [1.82, 2.24) is 4.90 Å². The normalized spacial score (nSPS) is 16.2. The van der Waals surface area contributed by atoms with E-state index in [1.165, 1.54) is 4.90 Å². The second kappa shape index (κ2) is 7.77. The zero-order valence-corrected chi connectivity index (χ0v) is 15.8. The summed E-state index contributed by atoms with van der Waals surface area (Å²) in [5, 5.41) is 0.317. The lowest BCUT2D eigenvalue weighted by Gasteiger charge is -2.22. The van der Waals surface area contributed by atoms with E-state index in [2.05, 4.69) is 0 Å². The van der Waals surface area contributed by atoms with Crippen molar-refractivity contribution >= 4 is 35.3 Å². The summed E-state index contributed by atoms with van der Waals surface area (Å²) in [6.07, 6.45) is -1.07. The molecule has 3 aromatic rings. The van der Waals surface area contributed by atoms with Crippen LogP contribution in [0, 0.1) is 0 Å². The minimum atomic E-state index is -1.08. The summed E-state index contributed by atoms with van der Waals surface area (Å²) in [6, 6.07) is 21.7. The Bertz CT molecular complexity index is 1070. The maximum atomic E-state index is 13.2. The molecule has 0 N–H and O–H groups in total. The maximum Gasteiger partial charge on any atom is 0.430 e. The molecule has 144 valence electrons. The van der Waals surface area contributed by atoms with Crippen molar-refractivity contribution in [2.45, 2.75) is 6.04 Å². The fourth-order valence-electron chi connectivity index (χ4n) is 3.17. The van der Waals surface area contributed by atoms with Crippen LogP contribution in [0.5, 0.6) is 5.75 Å². The number of urea groups is 1. The summed E-state index contributed by atoms with van der Waals surface area (Å²) < 4.78 is 5.22. The molecule has 1 fully saturated rings. The van der Waals surface area contributed by atoms with Gasteiger partial charge in [-0.2, -0.15) is 4.90 Å². The summed E-state index contributed by atoms with van der Waals surface area (Å²) in [6.45, 7) is 0. The number of rotatable bonds is 3. The first-order valence-electron chi connectivity index (χ1n) is 8.81. The Labute approximate surface area is 171 Å². The number of anilines is 1. The van der Waals surface area contributed by atoms with Gasteiger partial charge in [0.05, 0.1) is 0 Å². The molecule has 0 saturated carbocycles. The number of carbonyl (C=O) groups excluding carboxylic acids is 3. The molecule has 0 radical (unpaired) electrons. The van der Waals surface area contributed by atoms with E-state index in [0.717, 1.165) is 0 Å². The molecule has 1 aliphatic heterocycles. The van der Waals surface area contributed by atoms with Gasteiger partial charge >= 0.3 is 12.1 Å². The van der Waals surface area contributed by atoms with Gasteiger partial charge in [-0.05, 0) is 30.3 Å². The van der Waals surface area contributed by atoms with Crippen LogP contribution in [0.15, 0.2) is 84.9 Å². The fraction of sp³-hybridized carbons (Fsp3) is 0.0455. The number of nitrogens with zero attached hydrogens (tertiary/aromatic N) is 2. The Morgan fingerprint density at radius 3 is 2.07 bits per heavy atom. The number of benzene rings is 3. The number of amides is 4. The van der Waals surface area contributed by atoms with Crippen molar-refractivity contribution in [3.05, 3.63) is 95.5 Å². The van der Waals surface area contributed by atoms with Crippen LogP contribution in [0.1, 0.15) is 11.6 Å². The van der Waals surface area contributed by atoms with Crippen LogP contribution in [0.2, 0.25) is 5.02 Å². The molecule has 1 aliphatic rings. The molecule has 0 aliphatic carbocycles. The largest absolute Gasteiger partial charge is 0.430 e. The van der Waals surface area contributed by atoms with E-state index >= 15 is 0 Å². The van der Waals surface area contributed by atoms with Crippen molar-refractivity contribution in [3.63, 3.8) is 0 Å². The molecular weight excluding hydrogens is 392 g/mol. The zero-order chi connectivity index (χ0) is 20.4. The van der Waals surface area contributed by atoms with Gasteiger partial charge in [0.15, 0.2) is 0 Å². The second-order valence-electron chi connectivity index (χ2n) is 6.27. The van der Waals surface area contributed by atoms with Gasteiger partial charge in [-0.25, -0.2) is 9.59 Å². The molecule has 1 saturated heterocycles. The second-order valence-corrected chi connectivity index (χ2v) is 6.67. The minimum absolute atomic E-state index is 0.227. The van der Waals surface area contributed by atoms with Gasteiger partial charge in [-0.1, -0.05) is 66.2 Å². The van der Waals surface area contributed by atoms with Crippen LogP contribution in [0.4, 0.5) is 15.3 Å². The first-order chi connectivity index (χ1) is 14.1. The molecule has 3 aromatic carbocycles. The van der Waals surface area contributed by atoms with Crippen LogP contribution in [0.3, 0.4) is 0 Å². The fourth-order valence-corrected chi connectivity index (χ4v) is 3.40. The molecule has 6 nitrogen and oxygen atoms in total. The van der Waals surface area contributed by atoms with Crippen molar-refractivity contribution in [2.24, 2.45) is 0 Å². The number of ether oxygens (including phenoxy) is 1. The lowest BCUT2D eigenvalue weighted by molar-refractivity contribution is -0.125. The van der Waals surface area contributed by atoms with Gasteiger partial charge < -0.3 is 4.74 Å². The average molecular weight is 407 g/mol. The quantitative estimate of drug-likeness (QED) is 0.571. The number of halogens is 1. The third kappa shape index (κ3) is 3.46. The highest BCUT2D eigenvalue weighted by atomic mass is 35.5. The van der Waals surface area contributed by atoms with Crippen LogP contribution >= 0.6 is 11.6 Å². The van der Waals surface area contributed by atoms with Crippen LogP contribution in [0.25, 0.3) is 0 Å². The minimum Gasteiger partial charge on any atom is -0.410 e. The molecule has 0 bridgehead atoms. The molecular formula is C22H15ClN2O4. The summed E-state index contributed by atoms with van der Waals surface area (Å²) in [7, 11) is 0. The Morgan fingerprint density at radius 1 is 0.828 bits per heavy atom. The topological polar surface area (TPSA) is 66.9 Å². The van der Waals surface area contributed by atoms with Crippen molar-refractivity contribution in [3.8, 4) is 5.75 Å². The summed E-state index contributed by atoms with van der Waals surface area (Å²) in [5.74, 6) is -0.501. The van der Waals surface area contributed by atoms with E-state index in [-0.39, 0.29) is 5.75 Å². The van der Waals surface area contributed by atoms with Crippen molar-refractivity contribution in [1.29, 1.82) is 0 Å². The molecule has 7 heteroatoms. The van der Waals surface area contributed by atoms with E-state index in [1.807, 2.05) is 0 Å². The van der Waals surface area contributed by atoms with E-state index in [4.69, 9.17) is 16.3 Å². The predicted molar refractivity (Wildman–Crippen MR) is 108 cm³/mol. The molecule has 1 atom stereocenters. The van der Waals surface area contributed by atoms with E-state index in [9.17, 15) is 14.4 Å². The number of hydrogen-bond acceptors (Lipinski definition) is 4. The standard InChI is InChI=1S/C22H15ClN2O4/c23-18-14-8-7-13-17(18)19-20(26)25(22(28)29-16-11-5-2-6-12-16)21(27)24(19)15-9-3-1-4-10-15/h1-14,19H. The summed E-state index contributed by atoms with van der Waals surface area (Å²) in [4.78, 5) is 40.7. The summed E-state index contributed by atoms with van der Waals surface area (Å²) in [5.41, 5.74) is 0.886. The van der Waals surface area contributed by atoms with E-state index < -0.39 is 24.1 Å². The molecule has 4 rings (SSSR count). The average Bonchev–Trinajstić information content (AvgIpc) is 3.00. The Morgan fingerprint density at radius 2 is 1.41 bits per heavy atom. The summed E-state index contributed by atoms with van der Waals surface area (Å²) >= 11 is 6.30. The first kappa shape index (κ1) is 18.7.